The van der Waals surface area contributed by atoms with E-state index in [2.05, 4.69) is 10.4 Å². The number of nitrogens with one attached hydrogen (secondary N) is 1. The van der Waals surface area contributed by atoms with E-state index in [1.54, 1.807) is 34.0 Å². The molecule has 1 fully saturated rings. The van der Waals surface area contributed by atoms with Crippen molar-refractivity contribution >= 4 is 23.5 Å². The first kappa shape index (κ1) is 20.6. The number of carbonyl (C=O) groups excluding carboxylic acids is 2. The Morgan fingerprint density at radius 3 is 2.79 bits per heavy atom. The van der Waals surface area contributed by atoms with Gasteiger partial charge in [-0.2, -0.15) is 5.10 Å². The summed E-state index contributed by atoms with van der Waals surface area (Å²) in [5, 5.41) is 16.0. The lowest BCUT2D eigenvalue weighted by Crippen LogP contribution is -2.46. The molecule has 0 bridgehead atoms. The highest BCUT2D eigenvalue weighted by molar-refractivity contribution is 5.94. The molecule has 3 rings (SSSR count). The second-order valence-corrected chi connectivity index (χ2v) is 7.30. The van der Waals surface area contributed by atoms with E-state index < -0.39 is 5.97 Å². The van der Waals surface area contributed by atoms with Crippen LogP contribution >= 0.6 is 0 Å². The molecule has 2 unspecified atom stereocenters. The molecule has 1 saturated heterocycles. The summed E-state index contributed by atoms with van der Waals surface area (Å²) >= 11 is 0. The first-order chi connectivity index (χ1) is 13.9. The zero-order chi connectivity index (χ0) is 21.0. The largest absolute Gasteiger partial charge is 0.481 e. The van der Waals surface area contributed by atoms with E-state index in [9.17, 15) is 14.4 Å². The molecule has 154 valence electrons. The third-order valence-corrected chi connectivity index (χ3v) is 5.27. The molecule has 1 aliphatic rings. The Hall–Kier alpha value is -3.16. The molecule has 0 aliphatic carbocycles. The average molecular weight is 398 g/mol. The Kier molecular flexibility index (Phi) is 6.31. The number of anilines is 1. The molecule has 8 heteroatoms. The van der Waals surface area contributed by atoms with Crippen molar-refractivity contribution in [2.24, 2.45) is 13.0 Å². The second kappa shape index (κ2) is 8.89. The maximum Gasteiger partial charge on any atom is 0.303 e. The summed E-state index contributed by atoms with van der Waals surface area (Å²) in [6, 6.07) is 6.87. The number of benzene rings is 1. The van der Waals surface area contributed by atoms with Crippen LogP contribution in [0.25, 0.3) is 0 Å². The van der Waals surface area contributed by atoms with Gasteiger partial charge in [0.2, 0.25) is 11.8 Å². The number of amides is 2. The quantitative estimate of drug-likeness (QED) is 0.745. The number of rotatable bonds is 7. The topological polar surface area (TPSA) is 105 Å². The van der Waals surface area contributed by atoms with Gasteiger partial charge in [-0.1, -0.05) is 12.1 Å². The molecule has 2 N–H and O–H groups in total. The molecule has 0 saturated carbocycles. The Morgan fingerprint density at radius 1 is 1.34 bits per heavy atom. The van der Waals surface area contributed by atoms with Crippen molar-refractivity contribution in [1.29, 1.82) is 0 Å². The van der Waals surface area contributed by atoms with Gasteiger partial charge >= 0.3 is 5.97 Å². The zero-order valence-corrected chi connectivity index (χ0v) is 16.7. The van der Waals surface area contributed by atoms with Gasteiger partial charge in [-0.05, 0) is 37.5 Å². The number of aromatic nitrogens is 2. The number of piperidine rings is 1. The number of aliphatic carboxylic acids is 1. The number of likely N-dealkylation sites (tertiary alicyclic amines) is 1. The van der Waals surface area contributed by atoms with Gasteiger partial charge in [0.15, 0.2) is 0 Å². The SMILES string of the molecule is CCN1C(=O)CCC(C(=O)Nc2cccc(CCC(=O)O)c2)C1c1cnn(C)c1. The van der Waals surface area contributed by atoms with Gasteiger partial charge in [-0.15, -0.1) is 0 Å². The van der Waals surface area contributed by atoms with Gasteiger partial charge in [0.25, 0.3) is 0 Å². The molecule has 29 heavy (non-hydrogen) atoms. The van der Waals surface area contributed by atoms with E-state index in [1.165, 1.54) is 0 Å². The lowest BCUT2D eigenvalue weighted by molar-refractivity contribution is -0.142. The minimum absolute atomic E-state index is 0.0384. The predicted molar refractivity (Wildman–Crippen MR) is 107 cm³/mol. The Balaban J connectivity index is 1.80. The van der Waals surface area contributed by atoms with Crippen LogP contribution in [0.15, 0.2) is 36.7 Å². The summed E-state index contributed by atoms with van der Waals surface area (Å²) in [6.45, 7) is 2.43. The molecule has 2 amide bonds. The highest BCUT2D eigenvalue weighted by Gasteiger charge is 2.40. The van der Waals surface area contributed by atoms with Crippen LogP contribution in [0, 0.1) is 5.92 Å². The number of hydrogen-bond donors (Lipinski definition) is 2. The first-order valence-corrected chi connectivity index (χ1v) is 9.78. The summed E-state index contributed by atoms with van der Waals surface area (Å²) in [5.41, 5.74) is 2.32. The molecule has 8 nitrogen and oxygen atoms in total. The van der Waals surface area contributed by atoms with Gasteiger partial charge in [-0.3, -0.25) is 19.1 Å². The van der Waals surface area contributed by atoms with Crippen LogP contribution in [0.1, 0.15) is 43.4 Å². The fourth-order valence-corrected chi connectivity index (χ4v) is 3.90. The van der Waals surface area contributed by atoms with Crippen LogP contribution in [0.4, 0.5) is 5.69 Å². The predicted octanol–water partition coefficient (Wildman–Crippen LogP) is 2.38. The number of carbonyl (C=O) groups is 3. The fraction of sp³-hybridized carbons (Fsp3) is 0.429. The Morgan fingerprint density at radius 2 is 2.14 bits per heavy atom. The Bertz CT molecular complexity index is 908. The highest BCUT2D eigenvalue weighted by atomic mass is 16.4. The highest BCUT2D eigenvalue weighted by Crippen LogP contribution is 2.37. The standard InChI is InChI=1S/C21H26N4O4/c1-3-25-18(26)9-8-17(20(25)15-12-22-24(2)13-15)21(29)23-16-6-4-5-14(11-16)7-10-19(27)28/h4-6,11-13,17,20H,3,7-10H2,1-2H3,(H,23,29)(H,27,28). The van der Waals surface area contributed by atoms with Crippen LogP contribution in [0.3, 0.4) is 0 Å². The minimum atomic E-state index is -0.856. The Labute approximate surface area is 169 Å². The number of nitrogens with zero attached hydrogens (tertiary/aromatic N) is 3. The van der Waals surface area contributed by atoms with Crippen molar-refractivity contribution in [2.75, 3.05) is 11.9 Å². The van der Waals surface area contributed by atoms with E-state index >= 15 is 0 Å². The molecule has 2 atom stereocenters. The number of carboxylic acids is 1. The van der Waals surface area contributed by atoms with Gasteiger partial charge in [0.1, 0.15) is 0 Å². The maximum atomic E-state index is 13.1. The monoisotopic (exact) mass is 398 g/mol. The van der Waals surface area contributed by atoms with Gasteiger partial charge < -0.3 is 15.3 Å². The lowest BCUT2D eigenvalue weighted by Gasteiger charge is -2.39. The molecule has 1 aromatic carbocycles. The third kappa shape index (κ3) is 4.82. The number of carboxylic acid groups (broad SMARTS) is 1. The van der Waals surface area contributed by atoms with Crippen LogP contribution in [-0.4, -0.2) is 44.1 Å². The van der Waals surface area contributed by atoms with Gasteiger partial charge in [-0.25, -0.2) is 0 Å². The van der Waals surface area contributed by atoms with E-state index in [-0.39, 0.29) is 30.2 Å². The van der Waals surface area contributed by atoms with Crippen LogP contribution in [0.2, 0.25) is 0 Å². The first-order valence-electron chi connectivity index (χ1n) is 9.78. The van der Waals surface area contributed by atoms with E-state index in [1.807, 2.05) is 26.2 Å². The molecular formula is C21H26N4O4. The van der Waals surface area contributed by atoms with Crippen molar-refractivity contribution in [3.63, 3.8) is 0 Å². The van der Waals surface area contributed by atoms with Gasteiger partial charge in [0.05, 0.1) is 18.2 Å². The number of aryl methyl sites for hydroxylation is 2. The molecule has 1 aromatic heterocycles. The van der Waals surface area contributed by atoms with Crippen LogP contribution < -0.4 is 5.32 Å². The maximum absolute atomic E-state index is 13.1. The lowest BCUT2D eigenvalue weighted by atomic mass is 9.84. The van der Waals surface area contributed by atoms with Crippen molar-refractivity contribution < 1.29 is 19.5 Å². The van der Waals surface area contributed by atoms with Gasteiger partial charge in [0, 0.05) is 43.9 Å². The van der Waals surface area contributed by atoms with E-state index in [0.29, 0.717) is 31.5 Å². The second-order valence-electron chi connectivity index (χ2n) is 7.30. The van der Waals surface area contributed by atoms with Crippen LogP contribution in [0.5, 0.6) is 0 Å². The molecule has 0 radical (unpaired) electrons. The normalized spacial score (nSPS) is 19.2. The van der Waals surface area contributed by atoms with Crippen LogP contribution in [-0.2, 0) is 27.9 Å². The molecule has 2 heterocycles. The summed E-state index contributed by atoms with van der Waals surface area (Å²) in [6.07, 6.45) is 4.80. The summed E-state index contributed by atoms with van der Waals surface area (Å²) in [4.78, 5) is 38.1. The van der Waals surface area contributed by atoms with Crippen molar-refractivity contribution in [2.45, 2.75) is 38.6 Å². The smallest absolute Gasteiger partial charge is 0.303 e. The summed E-state index contributed by atoms with van der Waals surface area (Å²) < 4.78 is 1.67. The van der Waals surface area contributed by atoms with E-state index in [4.69, 9.17) is 5.11 Å². The molecule has 1 aliphatic heterocycles. The average Bonchev–Trinajstić information content (AvgIpc) is 3.12. The molecular weight excluding hydrogens is 372 g/mol. The summed E-state index contributed by atoms with van der Waals surface area (Å²) in [7, 11) is 1.81. The third-order valence-electron chi connectivity index (χ3n) is 5.27. The summed E-state index contributed by atoms with van der Waals surface area (Å²) in [5.74, 6) is -1.36. The van der Waals surface area contributed by atoms with Crippen molar-refractivity contribution in [1.82, 2.24) is 14.7 Å². The minimum Gasteiger partial charge on any atom is -0.481 e. The van der Waals surface area contributed by atoms with Crippen molar-refractivity contribution in [3.8, 4) is 0 Å². The zero-order valence-electron chi connectivity index (χ0n) is 16.7. The van der Waals surface area contributed by atoms with E-state index in [0.717, 1.165) is 11.1 Å². The number of hydrogen-bond acceptors (Lipinski definition) is 4. The molecule has 0 spiro atoms. The van der Waals surface area contributed by atoms with Crippen molar-refractivity contribution in [3.05, 3.63) is 47.8 Å². The molecule has 2 aromatic rings. The fourth-order valence-electron chi connectivity index (χ4n) is 3.90.